The molecule has 0 spiro atoms. The number of tetrazole rings is 1. The topological polar surface area (TPSA) is 70.6 Å². The molecule has 0 aliphatic carbocycles. The molecule has 2 heterocycles. The Morgan fingerprint density at radius 1 is 1.30 bits per heavy atom. The van der Waals surface area contributed by atoms with E-state index >= 15 is 0 Å². The number of piperidine rings is 1. The van der Waals surface area contributed by atoms with Gasteiger partial charge in [-0.15, -0.1) is 5.10 Å². The summed E-state index contributed by atoms with van der Waals surface area (Å²) in [6.45, 7) is 8.91. The first-order valence-electron chi connectivity index (χ1n) is 7.21. The van der Waals surface area contributed by atoms with Gasteiger partial charge in [-0.3, -0.25) is 7.05 Å². The smallest absolute Gasteiger partial charge is 0.161 e. The molecule has 1 saturated heterocycles. The van der Waals surface area contributed by atoms with Crippen molar-refractivity contribution in [2.75, 3.05) is 13.1 Å². The van der Waals surface area contributed by atoms with Gasteiger partial charge in [0.25, 0.3) is 0 Å². The van der Waals surface area contributed by atoms with Gasteiger partial charge in [0.15, 0.2) is 5.82 Å². The predicted octanol–water partition coefficient (Wildman–Crippen LogP) is 1.72. The normalized spacial score (nSPS) is 24.1. The molecule has 2 unspecified atom stereocenters. The van der Waals surface area contributed by atoms with Gasteiger partial charge in [0.1, 0.15) is 0 Å². The van der Waals surface area contributed by atoms with Crippen LogP contribution in [-0.2, 0) is 33.5 Å². The molecular formula is C16H20N6W-2. The zero-order valence-corrected chi connectivity index (χ0v) is 16.3. The van der Waals surface area contributed by atoms with E-state index in [0.717, 1.165) is 25.3 Å². The molecule has 6 nitrogen and oxygen atoms in total. The molecule has 7 heteroatoms. The maximum atomic E-state index is 6.25. The minimum atomic E-state index is -0.131. The van der Waals surface area contributed by atoms with E-state index in [9.17, 15) is 0 Å². The first-order chi connectivity index (χ1) is 10.6. The Morgan fingerprint density at radius 3 is 2.48 bits per heavy atom. The Hall–Kier alpha value is -1.57. The molecule has 1 fully saturated rings. The van der Waals surface area contributed by atoms with Crippen molar-refractivity contribution >= 4 is 0 Å². The van der Waals surface area contributed by atoms with Crippen molar-refractivity contribution in [3.63, 3.8) is 0 Å². The van der Waals surface area contributed by atoms with Gasteiger partial charge in [-0.25, -0.2) is 4.68 Å². The molecule has 0 amide bonds. The van der Waals surface area contributed by atoms with Crippen LogP contribution in [0.5, 0.6) is 0 Å². The van der Waals surface area contributed by atoms with Crippen molar-refractivity contribution in [1.29, 1.82) is 5.26 Å². The predicted molar refractivity (Wildman–Crippen MR) is 81.7 cm³/mol. The average Bonchev–Trinajstić information content (AvgIpc) is 2.97. The fourth-order valence-electron chi connectivity index (χ4n) is 3.45. The Morgan fingerprint density at radius 2 is 1.96 bits per heavy atom. The second-order valence-corrected chi connectivity index (χ2v) is 5.69. The second-order valence-electron chi connectivity index (χ2n) is 5.69. The number of benzene rings is 1. The molecular weight excluding hydrogens is 460 g/mol. The molecule has 23 heavy (non-hydrogen) atoms. The molecule has 1 aliphatic rings. The first-order valence-corrected chi connectivity index (χ1v) is 7.21. The molecule has 2 atom stereocenters. The Balaban J connectivity index is 0.000000849. The Labute approximate surface area is 151 Å². The van der Waals surface area contributed by atoms with Crippen molar-refractivity contribution in [2.45, 2.75) is 18.8 Å². The van der Waals surface area contributed by atoms with E-state index in [4.69, 9.17) is 11.8 Å². The summed E-state index contributed by atoms with van der Waals surface area (Å²) in [7, 11) is 6.01. The van der Waals surface area contributed by atoms with E-state index in [1.165, 1.54) is 5.56 Å². The van der Waals surface area contributed by atoms with Crippen molar-refractivity contribution in [1.82, 2.24) is 25.1 Å². The molecule has 1 aliphatic heterocycles. The maximum absolute atomic E-state index is 6.25. The summed E-state index contributed by atoms with van der Waals surface area (Å²) < 4.78 is 1.81. The number of hydrogen-bond acceptors (Lipinski definition) is 5. The fraction of sp³-hybridized carbons (Fsp3) is 0.438. The number of aryl methyl sites for hydroxylation is 1. The van der Waals surface area contributed by atoms with Crippen LogP contribution in [0.4, 0.5) is 0 Å². The molecule has 3 rings (SSSR count). The molecule has 0 N–H and O–H groups in total. The largest absolute Gasteiger partial charge is 0.512 e. The van der Waals surface area contributed by atoms with E-state index in [-0.39, 0.29) is 26.5 Å². The number of hydrogen-bond donors (Lipinski definition) is 0. The molecule has 0 bridgehead atoms. The SMILES string of the molecule is [C-]#N.[CH2-]N1CCC(c2ccccc2)(c2nnnn2C)C(C)C1.[W]. The molecule has 1 aromatic heterocycles. The van der Waals surface area contributed by atoms with Crippen LogP contribution >= 0.6 is 0 Å². The van der Waals surface area contributed by atoms with Gasteiger partial charge in [0, 0.05) is 28.1 Å². The average molecular weight is 480 g/mol. The van der Waals surface area contributed by atoms with Crippen LogP contribution in [0.1, 0.15) is 24.7 Å². The summed E-state index contributed by atoms with van der Waals surface area (Å²) in [5.41, 5.74) is 1.16. The van der Waals surface area contributed by atoms with Gasteiger partial charge >= 0.3 is 0 Å². The van der Waals surface area contributed by atoms with E-state index < -0.39 is 0 Å². The molecule has 2 aromatic rings. The first kappa shape index (κ1) is 19.5. The van der Waals surface area contributed by atoms with Crippen molar-refractivity contribution in [3.05, 3.63) is 55.3 Å². The van der Waals surface area contributed by atoms with Crippen molar-refractivity contribution < 1.29 is 21.1 Å². The monoisotopic (exact) mass is 480 g/mol. The van der Waals surface area contributed by atoms with Crippen LogP contribution in [-0.4, -0.2) is 38.2 Å². The zero-order chi connectivity index (χ0) is 16.2. The molecule has 1 aromatic carbocycles. The second kappa shape index (κ2) is 8.33. The van der Waals surface area contributed by atoms with Crippen LogP contribution < -0.4 is 0 Å². The maximum Gasteiger partial charge on any atom is 0.161 e. The van der Waals surface area contributed by atoms with E-state index in [1.807, 2.05) is 17.8 Å². The minimum Gasteiger partial charge on any atom is -0.512 e. The van der Waals surface area contributed by atoms with Crippen LogP contribution in [0, 0.1) is 24.8 Å². The summed E-state index contributed by atoms with van der Waals surface area (Å²) in [4.78, 5) is 2.13. The third-order valence-electron chi connectivity index (χ3n) is 4.50. The van der Waals surface area contributed by atoms with Crippen molar-refractivity contribution in [2.24, 2.45) is 13.0 Å². The summed E-state index contributed by atoms with van der Waals surface area (Å²) in [5, 5.41) is 18.5. The van der Waals surface area contributed by atoms with Crippen LogP contribution in [0.15, 0.2) is 30.3 Å². The fourth-order valence-corrected chi connectivity index (χ4v) is 3.45. The Bertz CT molecular complexity index is 626. The summed E-state index contributed by atoms with van der Waals surface area (Å²) >= 11 is 0. The Kier molecular flexibility index (Phi) is 7.05. The van der Waals surface area contributed by atoms with Gasteiger partial charge < -0.3 is 16.7 Å². The van der Waals surface area contributed by atoms with Gasteiger partial charge in [-0.2, -0.15) is 0 Å². The summed E-state index contributed by atoms with van der Waals surface area (Å²) in [6.07, 6.45) is 0.982. The standard InChI is InChI=1S/C15H20N5.CN.W/c1-12-11-19(2)10-9-15(12,13-7-5-4-6-8-13)14-16-17-18-20(14)3;1-2;/h4-8,12H,2,9-11H2,1,3H3;;/q2*-1;. The summed E-state index contributed by atoms with van der Waals surface area (Å²) in [6, 6.07) is 10.6. The van der Waals surface area contributed by atoms with Crippen LogP contribution in [0.25, 0.3) is 0 Å². The number of rotatable bonds is 2. The van der Waals surface area contributed by atoms with Gasteiger partial charge in [0.2, 0.25) is 0 Å². The molecule has 0 radical (unpaired) electrons. The van der Waals surface area contributed by atoms with Gasteiger partial charge in [0.05, 0.1) is 5.41 Å². The third-order valence-corrected chi connectivity index (χ3v) is 4.50. The van der Waals surface area contributed by atoms with Crippen LogP contribution in [0.3, 0.4) is 0 Å². The van der Waals surface area contributed by atoms with E-state index in [0.29, 0.717) is 5.92 Å². The van der Waals surface area contributed by atoms with E-state index in [2.05, 4.69) is 58.7 Å². The third kappa shape index (κ3) is 3.51. The van der Waals surface area contributed by atoms with Crippen LogP contribution in [0.2, 0.25) is 0 Å². The van der Waals surface area contributed by atoms with Gasteiger partial charge in [-0.05, 0) is 41.4 Å². The summed E-state index contributed by atoms with van der Waals surface area (Å²) in [5.74, 6) is 1.35. The van der Waals surface area contributed by atoms with Gasteiger partial charge in [-0.1, -0.05) is 37.3 Å². The number of nitrogens with zero attached hydrogens (tertiary/aromatic N) is 6. The molecule has 0 saturated carbocycles. The number of likely N-dealkylation sites (tertiary alicyclic amines) is 1. The van der Waals surface area contributed by atoms with Crippen molar-refractivity contribution in [3.8, 4) is 0 Å². The minimum absolute atomic E-state index is 0. The quantitative estimate of drug-likeness (QED) is 0.613. The zero-order valence-electron chi connectivity index (χ0n) is 13.4. The molecule has 122 valence electrons. The number of aromatic nitrogens is 4. The van der Waals surface area contributed by atoms with E-state index in [1.54, 1.807) is 0 Å².